The lowest BCUT2D eigenvalue weighted by atomic mass is 9.95. The molecule has 8 heteroatoms. The number of hydrogen-bond donors (Lipinski definition) is 4. The van der Waals surface area contributed by atoms with Crippen LogP contribution in [0.15, 0.2) is 36.4 Å². The maximum absolute atomic E-state index is 12.5. The van der Waals surface area contributed by atoms with E-state index in [0.29, 0.717) is 5.69 Å². The first kappa shape index (κ1) is 18.7. The van der Waals surface area contributed by atoms with Gasteiger partial charge in [-0.25, -0.2) is 9.59 Å². The fourth-order valence-corrected chi connectivity index (χ4v) is 2.35. The summed E-state index contributed by atoms with van der Waals surface area (Å²) in [6.07, 6.45) is 0. The van der Waals surface area contributed by atoms with Gasteiger partial charge in [0.2, 0.25) is 0 Å². The van der Waals surface area contributed by atoms with Crippen LogP contribution in [0.4, 0.5) is 11.4 Å². The molecule has 0 saturated heterocycles. The molecule has 0 aromatic heterocycles. The zero-order valence-electron chi connectivity index (χ0n) is 14.0. The van der Waals surface area contributed by atoms with Gasteiger partial charge in [0.05, 0.1) is 16.7 Å². The van der Waals surface area contributed by atoms with Crippen LogP contribution in [0.2, 0.25) is 0 Å². The molecule has 8 nitrogen and oxygen atoms in total. The van der Waals surface area contributed by atoms with E-state index in [1.807, 2.05) is 0 Å². The number of anilines is 2. The first-order valence-electron chi connectivity index (χ1n) is 7.49. The second kappa shape index (κ2) is 7.47. The molecule has 4 N–H and O–H groups in total. The van der Waals surface area contributed by atoms with Crippen molar-refractivity contribution in [2.75, 3.05) is 17.7 Å². The Kier molecular flexibility index (Phi) is 5.36. The van der Waals surface area contributed by atoms with Crippen LogP contribution in [-0.4, -0.2) is 40.9 Å². The molecule has 0 aliphatic rings. The Labute approximate surface area is 148 Å². The summed E-state index contributed by atoms with van der Waals surface area (Å²) >= 11 is 0. The van der Waals surface area contributed by atoms with Crippen molar-refractivity contribution in [1.29, 1.82) is 0 Å². The van der Waals surface area contributed by atoms with Gasteiger partial charge < -0.3 is 20.8 Å². The van der Waals surface area contributed by atoms with Crippen LogP contribution in [0, 0.1) is 0 Å². The first-order chi connectivity index (χ1) is 12.2. The molecule has 0 saturated carbocycles. The van der Waals surface area contributed by atoms with E-state index in [2.05, 4.69) is 10.6 Å². The third kappa shape index (κ3) is 3.86. The maximum Gasteiger partial charge on any atom is 0.336 e. The molecule has 0 aliphatic carbocycles. The minimum absolute atomic E-state index is 0.273. The van der Waals surface area contributed by atoms with Crippen molar-refractivity contribution in [3.63, 3.8) is 0 Å². The van der Waals surface area contributed by atoms with Crippen molar-refractivity contribution < 1.29 is 29.4 Å². The van der Waals surface area contributed by atoms with Crippen LogP contribution < -0.4 is 10.6 Å². The minimum atomic E-state index is -1.44. The summed E-state index contributed by atoms with van der Waals surface area (Å²) in [5.41, 5.74) is -0.295. The Morgan fingerprint density at radius 3 is 1.69 bits per heavy atom. The van der Waals surface area contributed by atoms with Gasteiger partial charge in [-0.3, -0.25) is 9.59 Å². The molecule has 2 aromatic rings. The number of carbonyl (C=O) groups excluding carboxylic acids is 2. The molecule has 134 valence electrons. The molecule has 0 aliphatic heterocycles. The van der Waals surface area contributed by atoms with Crippen LogP contribution in [0.5, 0.6) is 0 Å². The summed E-state index contributed by atoms with van der Waals surface area (Å²) in [7, 11) is 1.73. The summed E-state index contributed by atoms with van der Waals surface area (Å²) in [5.74, 6) is -4.28. The third-order valence-electron chi connectivity index (χ3n) is 3.67. The third-order valence-corrected chi connectivity index (χ3v) is 3.67. The van der Waals surface area contributed by atoms with Gasteiger partial charge in [-0.15, -0.1) is 0 Å². The van der Waals surface area contributed by atoms with E-state index in [1.165, 1.54) is 0 Å². The van der Waals surface area contributed by atoms with Crippen LogP contribution in [0.3, 0.4) is 0 Å². The van der Waals surface area contributed by atoms with Crippen LogP contribution in [0.25, 0.3) is 0 Å². The van der Waals surface area contributed by atoms with Gasteiger partial charge in [0.15, 0.2) is 5.78 Å². The summed E-state index contributed by atoms with van der Waals surface area (Å²) in [6, 6.07) is 8.43. The zero-order valence-corrected chi connectivity index (χ0v) is 14.0. The number of benzene rings is 2. The highest BCUT2D eigenvalue weighted by Gasteiger charge is 2.24. The number of aromatic carboxylic acids is 2. The maximum atomic E-state index is 12.5. The topological polar surface area (TPSA) is 133 Å². The fourth-order valence-electron chi connectivity index (χ4n) is 2.35. The molecule has 2 rings (SSSR count). The van der Waals surface area contributed by atoms with Gasteiger partial charge >= 0.3 is 11.9 Å². The summed E-state index contributed by atoms with van der Waals surface area (Å²) < 4.78 is 0. The van der Waals surface area contributed by atoms with Crippen molar-refractivity contribution in [3.05, 3.63) is 58.7 Å². The number of hydrogen-bond acceptors (Lipinski definition) is 5. The average Bonchev–Trinajstić information content (AvgIpc) is 2.60. The molecule has 2 aromatic carbocycles. The molecule has 26 heavy (non-hydrogen) atoms. The van der Waals surface area contributed by atoms with Crippen molar-refractivity contribution in [1.82, 2.24) is 0 Å². The molecule has 0 fully saturated rings. The number of carboxylic acid groups (broad SMARTS) is 2. The summed E-state index contributed by atoms with van der Waals surface area (Å²) in [4.78, 5) is 46.9. The molecule has 0 heterocycles. The molecule has 0 radical (unpaired) electrons. The Bertz CT molecular complexity index is 903. The standard InChI is InChI=1S/C18H16N2O6/c1-9(21)12-7-15(18(25)26)13(8-14(12)17(23)24)16(22)20-11-5-3-10(19-2)4-6-11/h3-8,19H,1-2H3,(H,20,22)(H,23,24)(H,25,26). The predicted molar refractivity (Wildman–Crippen MR) is 94.3 cm³/mol. The van der Waals surface area contributed by atoms with Gasteiger partial charge in [-0.05, 0) is 43.3 Å². The molecule has 0 unspecified atom stereocenters. The highest BCUT2D eigenvalue weighted by Crippen LogP contribution is 2.21. The van der Waals surface area contributed by atoms with Gasteiger partial charge in [0.1, 0.15) is 0 Å². The number of amides is 1. The monoisotopic (exact) mass is 356 g/mol. The van der Waals surface area contributed by atoms with Gasteiger partial charge in [0.25, 0.3) is 5.91 Å². The normalized spacial score (nSPS) is 10.1. The molecule has 0 bridgehead atoms. The number of carbonyl (C=O) groups is 4. The number of Topliss-reactive ketones (excluding diaryl/α,β-unsaturated/α-hetero) is 1. The van der Waals surface area contributed by atoms with Crippen LogP contribution in [0.1, 0.15) is 48.4 Å². The van der Waals surface area contributed by atoms with Crippen LogP contribution >= 0.6 is 0 Å². The SMILES string of the molecule is CNc1ccc(NC(=O)c2cc(C(=O)O)c(C(C)=O)cc2C(=O)O)cc1. The lowest BCUT2D eigenvalue weighted by Gasteiger charge is -2.12. The Balaban J connectivity index is 2.49. The lowest BCUT2D eigenvalue weighted by molar-refractivity contribution is 0.0677. The van der Waals surface area contributed by atoms with Gasteiger partial charge in [0, 0.05) is 24.0 Å². The number of rotatable bonds is 6. The Morgan fingerprint density at radius 2 is 1.23 bits per heavy atom. The van der Waals surface area contributed by atoms with Crippen molar-refractivity contribution >= 4 is 35.0 Å². The summed E-state index contributed by atoms with van der Waals surface area (Å²) in [6.45, 7) is 1.12. The number of ketones is 1. The van der Waals surface area contributed by atoms with Crippen molar-refractivity contribution in [3.8, 4) is 0 Å². The molecular formula is C18H16N2O6. The largest absolute Gasteiger partial charge is 0.478 e. The van der Waals surface area contributed by atoms with Crippen molar-refractivity contribution in [2.45, 2.75) is 6.92 Å². The molecular weight excluding hydrogens is 340 g/mol. The lowest BCUT2D eigenvalue weighted by Crippen LogP contribution is -2.19. The average molecular weight is 356 g/mol. The van der Waals surface area contributed by atoms with E-state index >= 15 is 0 Å². The first-order valence-corrected chi connectivity index (χ1v) is 7.49. The minimum Gasteiger partial charge on any atom is -0.478 e. The quantitative estimate of drug-likeness (QED) is 0.585. The second-order valence-electron chi connectivity index (χ2n) is 5.39. The van der Waals surface area contributed by atoms with E-state index in [-0.39, 0.29) is 11.1 Å². The fraction of sp³-hybridized carbons (Fsp3) is 0.111. The Hall–Kier alpha value is -3.68. The number of nitrogens with one attached hydrogen (secondary N) is 2. The van der Waals surface area contributed by atoms with E-state index in [0.717, 1.165) is 24.7 Å². The second-order valence-corrected chi connectivity index (χ2v) is 5.39. The zero-order chi connectivity index (χ0) is 19.4. The molecule has 0 spiro atoms. The van der Waals surface area contributed by atoms with Gasteiger partial charge in [-0.2, -0.15) is 0 Å². The van der Waals surface area contributed by atoms with E-state index < -0.39 is 34.8 Å². The Morgan fingerprint density at radius 1 is 0.769 bits per heavy atom. The smallest absolute Gasteiger partial charge is 0.336 e. The van der Waals surface area contributed by atoms with Gasteiger partial charge in [-0.1, -0.05) is 0 Å². The van der Waals surface area contributed by atoms with E-state index in [4.69, 9.17) is 0 Å². The molecule has 1 amide bonds. The highest BCUT2D eigenvalue weighted by atomic mass is 16.4. The van der Waals surface area contributed by atoms with Crippen molar-refractivity contribution in [2.24, 2.45) is 0 Å². The van der Waals surface area contributed by atoms with Crippen LogP contribution in [-0.2, 0) is 0 Å². The van der Waals surface area contributed by atoms with E-state index in [1.54, 1.807) is 31.3 Å². The summed E-state index contributed by atoms with van der Waals surface area (Å²) in [5, 5.41) is 24.0. The predicted octanol–water partition coefficient (Wildman–Crippen LogP) is 2.58. The molecule has 0 atom stereocenters. The van der Waals surface area contributed by atoms with E-state index in [9.17, 15) is 29.4 Å². The number of carboxylic acids is 2. The highest BCUT2D eigenvalue weighted by molar-refractivity contribution is 6.14.